The van der Waals surface area contributed by atoms with E-state index in [1.54, 1.807) is 36.0 Å². The Morgan fingerprint density at radius 2 is 1.89 bits per heavy atom. The van der Waals surface area contributed by atoms with E-state index < -0.39 is 29.9 Å². The number of alkyl halides is 3. The fraction of sp³-hybridized carbons (Fsp3) is 0.400. The maximum Gasteiger partial charge on any atom is 0.392 e. The van der Waals surface area contributed by atoms with Crippen LogP contribution in [0.25, 0.3) is 10.9 Å². The number of carbonyl (C=O) groups is 2. The minimum atomic E-state index is -4.61. The van der Waals surface area contributed by atoms with Gasteiger partial charge in [0.05, 0.1) is 40.7 Å². The number of amides is 1. The highest BCUT2D eigenvalue weighted by molar-refractivity contribution is 6.33. The van der Waals surface area contributed by atoms with Gasteiger partial charge in [0.25, 0.3) is 0 Å². The summed E-state index contributed by atoms with van der Waals surface area (Å²) in [6.07, 6.45) is -1.34. The minimum absolute atomic E-state index is 0.0709. The molecule has 0 saturated heterocycles. The number of hydrogen-bond acceptors (Lipinski definition) is 3. The molecule has 0 spiro atoms. The monoisotopic (exact) mass is 507 g/mol. The zero-order valence-corrected chi connectivity index (χ0v) is 19.9. The van der Waals surface area contributed by atoms with E-state index in [0.717, 1.165) is 25.3 Å². The molecule has 2 aromatic carbocycles. The first-order valence-electron chi connectivity index (χ1n) is 11.3. The average Bonchev–Trinajstić information content (AvgIpc) is 3.56. The lowest BCUT2D eigenvalue weighted by molar-refractivity contribution is -0.178. The van der Waals surface area contributed by atoms with Crippen molar-refractivity contribution in [1.82, 2.24) is 9.78 Å². The van der Waals surface area contributed by atoms with E-state index in [9.17, 15) is 27.9 Å². The van der Waals surface area contributed by atoms with Gasteiger partial charge in [0.15, 0.2) is 0 Å². The maximum atomic E-state index is 13.8. The van der Waals surface area contributed by atoms with Crippen molar-refractivity contribution >= 4 is 40.1 Å². The van der Waals surface area contributed by atoms with Gasteiger partial charge in [-0.3, -0.25) is 14.3 Å². The number of aryl methyl sites for hydroxylation is 1. The Morgan fingerprint density at radius 3 is 2.51 bits per heavy atom. The highest BCUT2D eigenvalue weighted by Gasteiger charge is 2.45. The summed E-state index contributed by atoms with van der Waals surface area (Å²) in [5.41, 5.74) is 1.79. The van der Waals surface area contributed by atoms with Crippen molar-refractivity contribution in [3.63, 3.8) is 0 Å². The molecule has 6 nitrogen and oxygen atoms in total. The van der Waals surface area contributed by atoms with Gasteiger partial charge in [0.2, 0.25) is 5.91 Å². The van der Waals surface area contributed by atoms with Crippen molar-refractivity contribution in [2.24, 2.45) is 18.9 Å². The van der Waals surface area contributed by atoms with Crippen LogP contribution in [0.1, 0.15) is 49.1 Å². The molecule has 1 aromatic heterocycles. The number of halogens is 4. The molecule has 0 aliphatic heterocycles. The summed E-state index contributed by atoms with van der Waals surface area (Å²) < 4.78 is 43.0. The Bertz CT molecular complexity index is 1270. The summed E-state index contributed by atoms with van der Waals surface area (Å²) >= 11 is 6.28. The molecule has 35 heavy (non-hydrogen) atoms. The molecule has 3 atom stereocenters. The second-order valence-electron chi connectivity index (χ2n) is 9.16. The molecule has 2 N–H and O–H groups in total. The van der Waals surface area contributed by atoms with E-state index in [4.69, 9.17) is 11.6 Å². The van der Waals surface area contributed by atoms with Gasteiger partial charge in [-0.1, -0.05) is 30.7 Å². The summed E-state index contributed by atoms with van der Waals surface area (Å²) in [4.78, 5) is 24.7. The van der Waals surface area contributed by atoms with Crippen molar-refractivity contribution in [3.8, 4) is 0 Å². The largest absolute Gasteiger partial charge is 0.481 e. The zero-order chi connectivity index (χ0) is 25.5. The normalized spacial score (nSPS) is 16.6. The lowest BCUT2D eigenvalue weighted by Crippen LogP contribution is -2.34. The highest BCUT2D eigenvalue weighted by atomic mass is 35.5. The number of aliphatic carboxylic acids is 1. The van der Waals surface area contributed by atoms with Gasteiger partial charge in [-0.25, -0.2) is 0 Å². The second-order valence-corrected chi connectivity index (χ2v) is 9.57. The van der Waals surface area contributed by atoms with E-state index in [1.807, 2.05) is 0 Å². The standard InChI is InChI=1S/C25H25ClF3N3O3/c1-13(25(27,28)29)23(16-6-8-21-17(9-16)12-30-32(21)2)24(35)31-20-10-15(5-7-19(20)26)18(11-22(33)34)14-3-4-14/h5-10,12-14,18,23H,3-4,11H2,1-2H3,(H,31,35)(H,33,34)/t13-,18+,23+/m1/s1. The summed E-state index contributed by atoms with van der Waals surface area (Å²) in [6, 6.07) is 9.50. The number of benzene rings is 2. The fourth-order valence-corrected chi connectivity index (χ4v) is 4.72. The minimum Gasteiger partial charge on any atom is -0.481 e. The van der Waals surface area contributed by atoms with Gasteiger partial charge < -0.3 is 10.4 Å². The second kappa shape index (κ2) is 9.53. The first-order chi connectivity index (χ1) is 16.5. The molecule has 0 radical (unpaired) electrons. The average molecular weight is 508 g/mol. The van der Waals surface area contributed by atoms with Crippen LogP contribution in [0.15, 0.2) is 42.6 Å². The molecule has 1 amide bonds. The quantitative estimate of drug-likeness (QED) is 0.385. The Labute approximate surface area is 205 Å². The van der Waals surface area contributed by atoms with Crippen LogP contribution in [0.5, 0.6) is 0 Å². The maximum absolute atomic E-state index is 13.8. The number of carboxylic acids is 1. The third-order valence-corrected chi connectivity index (χ3v) is 7.02. The third kappa shape index (κ3) is 5.45. The van der Waals surface area contributed by atoms with Gasteiger partial charge >= 0.3 is 12.1 Å². The fourth-order valence-electron chi connectivity index (χ4n) is 4.55. The Hall–Kier alpha value is -3.07. The zero-order valence-electron chi connectivity index (χ0n) is 19.1. The first kappa shape index (κ1) is 25.0. The smallest absolute Gasteiger partial charge is 0.392 e. The number of hydrogen-bond donors (Lipinski definition) is 2. The summed E-state index contributed by atoms with van der Waals surface area (Å²) in [5, 5.41) is 16.8. The molecule has 0 unspecified atom stereocenters. The topological polar surface area (TPSA) is 84.2 Å². The van der Waals surface area contributed by atoms with E-state index in [2.05, 4.69) is 10.4 Å². The van der Waals surface area contributed by atoms with Crippen molar-refractivity contribution in [2.75, 3.05) is 5.32 Å². The molecule has 186 valence electrons. The highest BCUT2D eigenvalue weighted by Crippen LogP contribution is 2.46. The van der Waals surface area contributed by atoms with Crippen molar-refractivity contribution in [1.29, 1.82) is 0 Å². The molecule has 1 heterocycles. The SMILES string of the molecule is C[C@H]([C@H](C(=O)Nc1cc([C@@H](CC(=O)O)C2CC2)ccc1Cl)c1ccc2c(cnn2C)c1)C(F)(F)F. The number of anilines is 1. The number of carbonyl (C=O) groups excluding carboxylic acids is 1. The van der Waals surface area contributed by atoms with E-state index in [-0.39, 0.29) is 34.5 Å². The van der Waals surface area contributed by atoms with Gasteiger partial charge in [0.1, 0.15) is 0 Å². The molecular weight excluding hydrogens is 483 g/mol. The van der Waals surface area contributed by atoms with Gasteiger partial charge in [-0.05, 0) is 60.1 Å². The van der Waals surface area contributed by atoms with E-state index in [0.29, 0.717) is 10.9 Å². The van der Waals surface area contributed by atoms with E-state index in [1.165, 1.54) is 18.3 Å². The summed E-state index contributed by atoms with van der Waals surface area (Å²) in [6.45, 7) is 0.978. The van der Waals surface area contributed by atoms with Gasteiger partial charge in [0, 0.05) is 12.4 Å². The molecule has 1 aliphatic rings. The van der Waals surface area contributed by atoms with Crippen LogP contribution in [-0.2, 0) is 16.6 Å². The molecule has 1 saturated carbocycles. The Morgan fingerprint density at radius 1 is 1.20 bits per heavy atom. The number of fused-ring (bicyclic) bond motifs is 1. The number of aromatic nitrogens is 2. The van der Waals surface area contributed by atoms with Crippen LogP contribution in [0.3, 0.4) is 0 Å². The van der Waals surface area contributed by atoms with Crippen LogP contribution in [-0.4, -0.2) is 32.9 Å². The lowest BCUT2D eigenvalue weighted by Gasteiger charge is -2.26. The lowest BCUT2D eigenvalue weighted by atomic mass is 9.85. The van der Waals surface area contributed by atoms with Crippen molar-refractivity contribution in [2.45, 2.75) is 44.2 Å². The van der Waals surface area contributed by atoms with Crippen LogP contribution >= 0.6 is 11.6 Å². The Kier molecular flexibility index (Phi) is 6.81. The third-order valence-electron chi connectivity index (χ3n) is 6.69. The molecule has 0 bridgehead atoms. The Balaban J connectivity index is 1.67. The van der Waals surface area contributed by atoms with Crippen LogP contribution in [0.4, 0.5) is 18.9 Å². The molecular formula is C25H25ClF3N3O3. The van der Waals surface area contributed by atoms with Crippen LogP contribution in [0.2, 0.25) is 5.02 Å². The number of nitrogens with one attached hydrogen (secondary N) is 1. The number of rotatable bonds is 8. The molecule has 1 aliphatic carbocycles. The van der Waals surface area contributed by atoms with E-state index >= 15 is 0 Å². The number of carboxylic acid groups (broad SMARTS) is 1. The predicted molar refractivity (Wildman–Crippen MR) is 126 cm³/mol. The number of nitrogens with zero attached hydrogens (tertiary/aromatic N) is 2. The van der Waals surface area contributed by atoms with Gasteiger partial charge in [-0.15, -0.1) is 0 Å². The first-order valence-corrected chi connectivity index (χ1v) is 11.6. The van der Waals surface area contributed by atoms with Crippen LogP contribution in [0, 0.1) is 11.8 Å². The van der Waals surface area contributed by atoms with Crippen molar-refractivity contribution < 1.29 is 27.9 Å². The molecule has 1 fully saturated rings. The predicted octanol–water partition coefficient (Wildman–Crippen LogP) is 6.12. The van der Waals surface area contributed by atoms with Gasteiger partial charge in [-0.2, -0.15) is 18.3 Å². The summed E-state index contributed by atoms with van der Waals surface area (Å²) in [7, 11) is 1.72. The van der Waals surface area contributed by atoms with Crippen LogP contribution < -0.4 is 5.32 Å². The molecule has 4 rings (SSSR count). The molecule has 10 heteroatoms. The molecule has 3 aromatic rings. The summed E-state index contributed by atoms with van der Waals surface area (Å²) in [5.74, 6) is -5.31. The van der Waals surface area contributed by atoms with Crippen molar-refractivity contribution in [3.05, 3.63) is 58.7 Å².